The molecule has 1 aromatic carbocycles. The predicted octanol–water partition coefficient (Wildman–Crippen LogP) is 2.56. The molecule has 1 saturated carbocycles. The molecule has 3 N–H and O–H groups in total. The molecule has 2 aliphatic rings. The van der Waals surface area contributed by atoms with Gasteiger partial charge in [0, 0.05) is 56.6 Å². The molecule has 0 bridgehead atoms. The van der Waals surface area contributed by atoms with Gasteiger partial charge >= 0.3 is 0 Å². The Morgan fingerprint density at radius 2 is 1.94 bits per heavy atom. The van der Waals surface area contributed by atoms with Crippen LogP contribution in [0.25, 0.3) is 0 Å². The molecule has 31 heavy (non-hydrogen) atoms. The van der Waals surface area contributed by atoms with Gasteiger partial charge in [0.25, 0.3) is 0 Å². The number of methoxy groups -OCH3 is 1. The van der Waals surface area contributed by atoms with Gasteiger partial charge in [-0.3, -0.25) is 10.3 Å². The van der Waals surface area contributed by atoms with Crippen LogP contribution < -0.4 is 15.4 Å². The van der Waals surface area contributed by atoms with E-state index < -0.39 is 0 Å². The summed E-state index contributed by atoms with van der Waals surface area (Å²) < 4.78 is 11.3. The van der Waals surface area contributed by atoms with E-state index in [1.807, 2.05) is 18.2 Å². The first-order valence-electron chi connectivity index (χ1n) is 10.9. The van der Waals surface area contributed by atoms with Gasteiger partial charge in [-0.15, -0.1) is 0 Å². The van der Waals surface area contributed by atoms with Gasteiger partial charge in [-0.1, -0.05) is 0 Å². The summed E-state index contributed by atoms with van der Waals surface area (Å²) in [6.07, 6.45) is 3.63. The maximum absolute atomic E-state index is 8.73. The van der Waals surface area contributed by atoms with E-state index in [2.05, 4.69) is 33.6 Å². The maximum atomic E-state index is 8.73. The SMILES string of the molecule is COCC(C)N1CCN(c2cc(C(=N)c3cc(OC4(C)CC4)ccc3N)ncn2)CC1. The van der Waals surface area contributed by atoms with Gasteiger partial charge in [-0.25, -0.2) is 9.97 Å². The fourth-order valence-corrected chi connectivity index (χ4v) is 3.91. The average molecular weight is 425 g/mol. The molecule has 4 rings (SSSR count). The quantitative estimate of drug-likeness (QED) is 0.496. The molecule has 2 aromatic rings. The van der Waals surface area contributed by atoms with Crippen molar-refractivity contribution in [1.29, 1.82) is 5.41 Å². The molecule has 0 amide bonds. The predicted molar refractivity (Wildman–Crippen MR) is 122 cm³/mol. The van der Waals surface area contributed by atoms with Crippen molar-refractivity contribution in [2.75, 3.05) is 50.5 Å². The Bertz CT molecular complexity index is 937. The van der Waals surface area contributed by atoms with Gasteiger partial charge in [0.05, 0.1) is 18.0 Å². The van der Waals surface area contributed by atoms with Crippen LogP contribution in [0, 0.1) is 5.41 Å². The Morgan fingerprint density at radius 1 is 1.19 bits per heavy atom. The minimum Gasteiger partial charge on any atom is -0.488 e. The van der Waals surface area contributed by atoms with Crippen LogP contribution in [-0.2, 0) is 4.74 Å². The molecule has 1 aliphatic carbocycles. The van der Waals surface area contributed by atoms with Gasteiger partial charge in [0.2, 0.25) is 0 Å². The highest BCUT2D eigenvalue weighted by Crippen LogP contribution is 2.40. The maximum Gasteiger partial charge on any atom is 0.132 e. The standard InChI is InChI=1S/C23H32N6O2/c1-16(14-30-3)28-8-10-29(11-9-28)21-13-20(26-15-27-21)22(25)18-12-17(4-5-19(18)24)31-23(2)6-7-23/h4-5,12-13,15-16,25H,6-11,14,24H2,1-3H3. The molecule has 166 valence electrons. The first-order valence-corrected chi connectivity index (χ1v) is 10.9. The molecule has 8 nitrogen and oxygen atoms in total. The second-order valence-electron chi connectivity index (χ2n) is 8.76. The van der Waals surface area contributed by atoms with E-state index in [1.165, 1.54) is 6.33 Å². The Kier molecular flexibility index (Phi) is 6.11. The number of piperazine rings is 1. The largest absolute Gasteiger partial charge is 0.488 e. The van der Waals surface area contributed by atoms with Gasteiger partial charge in [-0.05, 0) is 44.9 Å². The first-order chi connectivity index (χ1) is 14.9. The zero-order valence-corrected chi connectivity index (χ0v) is 18.6. The molecule has 1 aromatic heterocycles. The van der Waals surface area contributed by atoms with Crippen LogP contribution in [0.3, 0.4) is 0 Å². The number of nitrogens with zero attached hydrogens (tertiary/aromatic N) is 4. The molecule has 2 fully saturated rings. The Balaban J connectivity index is 1.47. The molecular weight excluding hydrogens is 392 g/mol. The van der Waals surface area contributed by atoms with Crippen molar-refractivity contribution in [3.05, 3.63) is 41.9 Å². The summed E-state index contributed by atoms with van der Waals surface area (Å²) in [6.45, 7) is 8.68. The lowest BCUT2D eigenvalue weighted by molar-refractivity contribution is 0.0952. The third kappa shape index (κ3) is 4.97. The Labute approximate surface area is 183 Å². The fraction of sp³-hybridized carbons (Fsp3) is 0.522. The normalized spacial score (nSPS) is 19.1. The number of anilines is 2. The summed E-state index contributed by atoms with van der Waals surface area (Å²) in [6, 6.07) is 7.79. The van der Waals surface area contributed by atoms with Crippen molar-refractivity contribution in [2.45, 2.75) is 38.3 Å². The monoisotopic (exact) mass is 424 g/mol. The van der Waals surface area contributed by atoms with Gasteiger partial charge in [-0.2, -0.15) is 0 Å². The van der Waals surface area contributed by atoms with Crippen LogP contribution in [0.2, 0.25) is 0 Å². The molecular formula is C23H32N6O2. The number of nitrogen functional groups attached to an aromatic ring is 1. The third-order valence-electron chi connectivity index (χ3n) is 6.19. The minimum atomic E-state index is -0.0828. The number of nitrogens with one attached hydrogen (secondary N) is 1. The molecule has 1 saturated heterocycles. The summed E-state index contributed by atoms with van der Waals surface area (Å²) in [5.74, 6) is 1.58. The summed E-state index contributed by atoms with van der Waals surface area (Å²) in [5, 5.41) is 8.73. The number of hydrogen-bond donors (Lipinski definition) is 2. The smallest absolute Gasteiger partial charge is 0.132 e. The van der Waals surface area contributed by atoms with Crippen LogP contribution in [-0.4, -0.2) is 72.1 Å². The summed E-state index contributed by atoms with van der Waals surface area (Å²) in [4.78, 5) is 13.5. The van der Waals surface area contributed by atoms with Crippen molar-refractivity contribution < 1.29 is 9.47 Å². The fourth-order valence-electron chi connectivity index (χ4n) is 3.91. The zero-order chi connectivity index (χ0) is 22.0. The number of rotatable bonds is 8. The molecule has 0 spiro atoms. The van der Waals surface area contributed by atoms with E-state index >= 15 is 0 Å². The van der Waals surface area contributed by atoms with Crippen LogP contribution in [0.4, 0.5) is 11.5 Å². The van der Waals surface area contributed by atoms with E-state index in [4.69, 9.17) is 20.6 Å². The molecule has 1 unspecified atom stereocenters. The summed E-state index contributed by atoms with van der Waals surface area (Å²) in [5.41, 5.74) is 8.11. The zero-order valence-electron chi connectivity index (χ0n) is 18.6. The lowest BCUT2D eigenvalue weighted by Crippen LogP contribution is -2.51. The Morgan fingerprint density at radius 3 is 2.61 bits per heavy atom. The Hall–Kier alpha value is -2.71. The topological polar surface area (TPSA) is 101 Å². The van der Waals surface area contributed by atoms with E-state index in [1.54, 1.807) is 13.2 Å². The third-order valence-corrected chi connectivity index (χ3v) is 6.19. The van der Waals surface area contributed by atoms with E-state index in [9.17, 15) is 0 Å². The van der Waals surface area contributed by atoms with Crippen LogP contribution >= 0.6 is 0 Å². The van der Waals surface area contributed by atoms with Gasteiger partial charge in [0.1, 0.15) is 23.5 Å². The molecule has 1 atom stereocenters. The number of aromatic nitrogens is 2. The van der Waals surface area contributed by atoms with Gasteiger partial charge < -0.3 is 20.1 Å². The second-order valence-corrected chi connectivity index (χ2v) is 8.76. The lowest BCUT2D eigenvalue weighted by atomic mass is 10.0. The van der Waals surface area contributed by atoms with Crippen molar-refractivity contribution >= 4 is 17.2 Å². The van der Waals surface area contributed by atoms with E-state index in [-0.39, 0.29) is 11.3 Å². The number of benzene rings is 1. The average Bonchev–Trinajstić information content (AvgIpc) is 3.51. The molecule has 2 heterocycles. The lowest BCUT2D eigenvalue weighted by Gasteiger charge is -2.38. The second kappa shape index (κ2) is 8.80. The highest BCUT2D eigenvalue weighted by atomic mass is 16.5. The summed E-state index contributed by atoms with van der Waals surface area (Å²) >= 11 is 0. The number of ether oxygens (including phenoxy) is 2. The molecule has 8 heteroatoms. The number of nitrogens with two attached hydrogens (primary N) is 1. The van der Waals surface area contributed by atoms with Crippen LogP contribution in [0.15, 0.2) is 30.6 Å². The number of hydrogen-bond acceptors (Lipinski definition) is 8. The van der Waals surface area contributed by atoms with Crippen molar-refractivity contribution in [3.8, 4) is 5.75 Å². The first kappa shape index (κ1) is 21.5. The van der Waals surface area contributed by atoms with Gasteiger partial charge in [0.15, 0.2) is 0 Å². The van der Waals surface area contributed by atoms with Crippen molar-refractivity contribution in [2.24, 2.45) is 0 Å². The molecule has 0 radical (unpaired) electrons. The highest BCUT2D eigenvalue weighted by molar-refractivity contribution is 6.13. The van der Waals surface area contributed by atoms with Crippen molar-refractivity contribution in [3.63, 3.8) is 0 Å². The van der Waals surface area contributed by atoms with E-state index in [0.29, 0.717) is 23.0 Å². The molecule has 1 aliphatic heterocycles. The minimum absolute atomic E-state index is 0.0828. The van der Waals surface area contributed by atoms with Crippen LogP contribution in [0.5, 0.6) is 5.75 Å². The van der Waals surface area contributed by atoms with Crippen LogP contribution in [0.1, 0.15) is 37.9 Å². The van der Waals surface area contributed by atoms with E-state index in [0.717, 1.165) is 57.2 Å². The highest BCUT2D eigenvalue weighted by Gasteiger charge is 2.40. The van der Waals surface area contributed by atoms with Crippen molar-refractivity contribution in [1.82, 2.24) is 14.9 Å². The summed E-state index contributed by atoms with van der Waals surface area (Å²) in [7, 11) is 1.74.